The Morgan fingerprint density at radius 3 is 0.500 bits per heavy atom. The first-order valence-corrected chi connectivity index (χ1v) is 3.73. The molecule has 0 heterocycles. The Hall–Kier alpha value is -2.91. The third-order valence-corrected chi connectivity index (χ3v) is 0.385. The quantitative estimate of drug-likeness (QED) is 0.238. The molecule has 141 valence electrons. The van der Waals surface area contributed by atoms with Crippen LogP contribution in [-0.2, 0) is 58.5 Å². The number of aliphatic carboxylic acids is 4. The van der Waals surface area contributed by atoms with E-state index < -0.39 is 23.9 Å². The average molecular weight is 538 g/mol. The van der Waals surface area contributed by atoms with E-state index in [-0.39, 0.29) is 61.7 Å². The number of carboxylic acids is 4. The van der Waals surface area contributed by atoms with Crippen LogP contribution >= 0.6 is 0 Å². The van der Waals surface area contributed by atoms with Crippen molar-refractivity contribution < 1.29 is 95.3 Å². The van der Waals surface area contributed by atoms with Crippen molar-refractivity contribution in [3.05, 3.63) is 0 Å². The van der Waals surface area contributed by atoms with Crippen LogP contribution in [0.3, 0.4) is 0 Å². The van der Waals surface area contributed by atoms with Crippen molar-refractivity contribution in [2.75, 3.05) is 0 Å². The number of carbonyl (C=O) groups is 8. The summed E-state index contributed by atoms with van der Waals surface area (Å²) in [7, 11) is 0. The molecule has 0 aliphatic carbocycles. The Bertz CT molecular complexity index is 304. The van der Waals surface area contributed by atoms with Gasteiger partial charge in [-0.1, -0.05) is 0 Å². The van der Waals surface area contributed by atoms with Crippen molar-refractivity contribution in [3.8, 4) is 0 Å². The van der Waals surface area contributed by atoms with E-state index in [9.17, 15) is 0 Å². The Labute approximate surface area is 145 Å². The largest absolute Gasteiger partial charge is 4.00 e. The van der Waals surface area contributed by atoms with E-state index in [1.54, 1.807) is 0 Å². The molecule has 0 bridgehead atoms. The number of hydrogen-bond acceptors (Lipinski definition) is 12. The van der Waals surface area contributed by atoms with Gasteiger partial charge in [-0.3, -0.25) is 19.2 Å². The maximum absolute atomic E-state index is 8.89. The van der Waals surface area contributed by atoms with Gasteiger partial charge in [0.05, 0.1) is 0 Å². The van der Waals surface area contributed by atoms with Crippen LogP contribution in [0.4, 0.5) is 0 Å². The second kappa shape index (κ2) is 42.7. The number of aldehydes is 4. The van der Waals surface area contributed by atoms with Gasteiger partial charge >= 0.3 is 20.1 Å². The topological polar surface area (TPSA) is 323 Å². The van der Waals surface area contributed by atoms with Gasteiger partial charge in [-0.2, -0.15) is 0 Å². The van der Waals surface area contributed by atoms with E-state index >= 15 is 0 Å². The van der Waals surface area contributed by atoms with Crippen molar-refractivity contribution in [1.82, 2.24) is 0 Å². The third kappa shape index (κ3) is 241. The van der Waals surface area contributed by atoms with E-state index in [4.69, 9.17) is 58.8 Å². The van der Waals surface area contributed by atoms with Gasteiger partial charge in [0.2, 0.25) is 0 Å². The molecule has 0 spiro atoms. The number of hydrogen-bond donors (Lipinski definition) is 0. The van der Waals surface area contributed by atoms with Crippen LogP contribution in [0.25, 0.3) is 0 Å². The number of carboxylic acid groups (broad SMARTS) is 4. The first kappa shape index (κ1) is 49.7. The molecule has 0 aromatic carbocycles. The Balaban J connectivity index is -0.0000000225. The van der Waals surface area contributed by atoms with E-state index in [0.717, 1.165) is 0 Å². The predicted octanol–water partition coefficient (Wildman–Crippen LogP) is -10.7. The minimum Gasteiger partial charge on any atom is -0.542 e. The van der Waals surface area contributed by atoms with Crippen molar-refractivity contribution >= 4 is 49.0 Å². The zero-order chi connectivity index (χ0) is 17.1. The molecule has 0 fully saturated rings. The monoisotopic (exact) mass is 539 g/mol. The van der Waals surface area contributed by atoms with Gasteiger partial charge in [0.15, 0.2) is 25.1 Å². The van der Waals surface area contributed by atoms with Crippen LogP contribution in [-0.4, -0.2) is 65.5 Å². The summed E-state index contributed by atoms with van der Waals surface area (Å²) < 4.78 is 0. The fraction of sp³-hybridized carbons (Fsp3) is 0. The molecular formula is C8H10IrO15. The maximum atomic E-state index is 8.89. The summed E-state index contributed by atoms with van der Waals surface area (Å²) in [5.41, 5.74) is 0. The van der Waals surface area contributed by atoms with Gasteiger partial charge in [0.1, 0.15) is 23.9 Å². The molecule has 15 nitrogen and oxygen atoms in total. The molecule has 1 radical (unpaired) electrons. The van der Waals surface area contributed by atoms with Gasteiger partial charge in [0, 0.05) is 0 Å². The Morgan fingerprint density at radius 1 is 0.458 bits per heavy atom. The van der Waals surface area contributed by atoms with Gasteiger partial charge < -0.3 is 56.0 Å². The second-order valence-electron chi connectivity index (χ2n) is 1.75. The average Bonchev–Trinajstić information content (AvgIpc) is 2.40. The van der Waals surface area contributed by atoms with Crippen molar-refractivity contribution in [2.45, 2.75) is 0 Å². The Kier molecular flexibility index (Phi) is 88.4. The van der Waals surface area contributed by atoms with Gasteiger partial charge in [-0.25, -0.2) is 0 Å². The van der Waals surface area contributed by atoms with Crippen molar-refractivity contribution in [3.63, 3.8) is 0 Å². The smallest absolute Gasteiger partial charge is 0.542 e. The normalized spacial score (nSPS) is 5.33. The maximum Gasteiger partial charge on any atom is 4.00 e. The Morgan fingerprint density at radius 2 is 0.500 bits per heavy atom. The summed E-state index contributed by atoms with van der Waals surface area (Å²) in [6, 6.07) is 0. The van der Waals surface area contributed by atoms with Crippen LogP contribution < -0.4 is 20.4 Å². The fourth-order valence-electron chi connectivity index (χ4n) is 0. The van der Waals surface area contributed by atoms with Gasteiger partial charge in [0.25, 0.3) is 0 Å². The van der Waals surface area contributed by atoms with E-state index in [1.165, 1.54) is 0 Å². The number of carbonyl (C=O) groups excluding carboxylic acids is 8. The summed E-state index contributed by atoms with van der Waals surface area (Å²) in [6.45, 7) is 0. The minimum absolute atomic E-state index is 0. The van der Waals surface area contributed by atoms with E-state index in [0.29, 0.717) is 0 Å². The van der Waals surface area contributed by atoms with Crippen LogP contribution in [0.1, 0.15) is 0 Å². The van der Waals surface area contributed by atoms with Crippen LogP contribution in [0, 0.1) is 0 Å². The van der Waals surface area contributed by atoms with Crippen LogP contribution in [0.5, 0.6) is 0 Å². The molecule has 0 saturated carbocycles. The van der Waals surface area contributed by atoms with E-state index in [1.807, 2.05) is 0 Å². The third-order valence-electron chi connectivity index (χ3n) is 0.385. The van der Waals surface area contributed by atoms with Gasteiger partial charge in [-0.15, -0.1) is 0 Å². The molecule has 6 N–H and O–H groups in total. The molecule has 0 amide bonds. The molecule has 0 aromatic heterocycles. The minimum atomic E-state index is -1.68. The first-order chi connectivity index (χ1) is 9.08. The fourth-order valence-corrected chi connectivity index (χ4v) is 0. The van der Waals surface area contributed by atoms with Crippen LogP contribution in [0.15, 0.2) is 0 Å². The zero-order valence-corrected chi connectivity index (χ0v) is 13.4. The summed E-state index contributed by atoms with van der Waals surface area (Å²) in [5, 5.41) is 35.6. The zero-order valence-electron chi connectivity index (χ0n) is 11.0. The molecule has 16 heteroatoms. The van der Waals surface area contributed by atoms with Crippen LogP contribution in [0.2, 0.25) is 0 Å². The SMILES string of the molecule is O.O.O.O=CC(=O)[O-].O=CC(=O)[O-].O=CC(=O)[O-].O=CC(=O)[O-].[Ir+4]. The first-order valence-electron chi connectivity index (χ1n) is 3.73. The standard InChI is InChI=1S/4C2H2O3.Ir.3H2O/c4*3-1-2(4)5;;;;/h4*1H,(H,4,5);;3*1H2/q;;;;+4;;;/p-4. The number of rotatable bonds is 4. The molecule has 0 atom stereocenters. The molecule has 0 aliphatic rings. The molecule has 0 saturated heterocycles. The molecule has 0 rings (SSSR count). The van der Waals surface area contributed by atoms with Gasteiger partial charge in [-0.05, 0) is 0 Å². The van der Waals surface area contributed by atoms with Crippen molar-refractivity contribution in [2.24, 2.45) is 0 Å². The molecular weight excluding hydrogens is 528 g/mol. The molecule has 0 unspecified atom stereocenters. The molecule has 0 aliphatic heterocycles. The summed E-state index contributed by atoms with van der Waals surface area (Å²) in [5.74, 6) is -6.70. The second-order valence-corrected chi connectivity index (χ2v) is 1.75. The molecule has 0 aromatic rings. The van der Waals surface area contributed by atoms with Crippen molar-refractivity contribution in [1.29, 1.82) is 0 Å². The molecule has 24 heavy (non-hydrogen) atoms. The van der Waals surface area contributed by atoms with E-state index in [2.05, 4.69) is 0 Å². The summed E-state index contributed by atoms with van der Waals surface area (Å²) >= 11 is 0. The summed E-state index contributed by atoms with van der Waals surface area (Å²) in [6.07, 6.45) is -1.11. The predicted molar refractivity (Wildman–Crippen MR) is 55.1 cm³/mol. The summed E-state index contributed by atoms with van der Waals surface area (Å²) in [4.78, 5) is 70.9.